The summed E-state index contributed by atoms with van der Waals surface area (Å²) >= 11 is 0. The molecule has 0 fully saturated rings. The molecule has 0 saturated carbocycles. The van der Waals surface area contributed by atoms with E-state index < -0.39 is 6.16 Å². The summed E-state index contributed by atoms with van der Waals surface area (Å²) in [6.07, 6.45) is -0.803. The van der Waals surface area contributed by atoms with Crippen LogP contribution in [0.1, 0.15) is 5.82 Å². The van der Waals surface area contributed by atoms with E-state index in [2.05, 4.69) is 15.3 Å². The fourth-order valence-corrected chi connectivity index (χ4v) is 2.88. The molecule has 4 aromatic rings. The van der Waals surface area contributed by atoms with Gasteiger partial charge in [-0.1, -0.05) is 54.6 Å². The number of rotatable bonds is 5. The molecule has 0 radical (unpaired) electrons. The Morgan fingerprint density at radius 1 is 0.767 bits per heavy atom. The number of hydrogen-bond donors (Lipinski definition) is 1. The Labute approximate surface area is 174 Å². The van der Waals surface area contributed by atoms with Gasteiger partial charge in [-0.25, -0.2) is 14.8 Å². The fraction of sp³-hybridized carbons (Fsp3) is 0.0417. The second-order valence-corrected chi connectivity index (χ2v) is 6.47. The lowest BCUT2D eigenvalue weighted by Crippen LogP contribution is -2.13. The summed E-state index contributed by atoms with van der Waals surface area (Å²) < 4.78 is 10.4. The quantitative estimate of drug-likeness (QED) is 0.340. The van der Waals surface area contributed by atoms with Gasteiger partial charge in [-0.3, -0.25) is 0 Å². The molecule has 30 heavy (non-hydrogen) atoms. The predicted molar refractivity (Wildman–Crippen MR) is 115 cm³/mol. The lowest BCUT2D eigenvalue weighted by molar-refractivity contribution is 0.152. The first-order chi connectivity index (χ1) is 14.7. The summed E-state index contributed by atoms with van der Waals surface area (Å²) in [4.78, 5) is 21.0. The minimum Gasteiger partial charge on any atom is -0.395 e. The molecule has 0 aliphatic heterocycles. The molecule has 148 valence electrons. The van der Waals surface area contributed by atoms with Crippen LogP contribution in [0.25, 0.3) is 11.3 Å². The van der Waals surface area contributed by atoms with Crippen LogP contribution in [-0.2, 0) is 0 Å². The Kier molecular flexibility index (Phi) is 5.66. The van der Waals surface area contributed by atoms with Gasteiger partial charge in [0.15, 0.2) is 0 Å². The Hall–Kier alpha value is -4.19. The topological polar surface area (TPSA) is 73.3 Å². The zero-order valence-corrected chi connectivity index (χ0v) is 16.3. The van der Waals surface area contributed by atoms with Crippen molar-refractivity contribution in [3.05, 3.63) is 96.8 Å². The minimum absolute atomic E-state index is 0.356. The molecular formula is C24H19N3O3. The molecule has 0 amide bonds. The van der Waals surface area contributed by atoms with Gasteiger partial charge < -0.3 is 14.8 Å². The zero-order chi connectivity index (χ0) is 20.8. The number of ether oxygens (including phenoxy) is 2. The zero-order valence-electron chi connectivity index (χ0n) is 16.3. The van der Waals surface area contributed by atoms with Crippen molar-refractivity contribution in [1.29, 1.82) is 0 Å². The number of hydrogen-bond acceptors (Lipinski definition) is 6. The highest BCUT2D eigenvalue weighted by Crippen LogP contribution is 2.24. The second kappa shape index (κ2) is 8.87. The maximum absolute atomic E-state index is 12.0. The molecule has 0 spiro atoms. The smallest absolute Gasteiger partial charge is 0.395 e. The van der Waals surface area contributed by atoms with Crippen molar-refractivity contribution in [2.75, 3.05) is 5.32 Å². The van der Waals surface area contributed by atoms with Gasteiger partial charge in [0.2, 0.25) is 0 Å². The van der Waals surface area contributed by atoms with Crippen LogP contribution >= 0.6 is 0 Å². The molecule has 0 atom stereocenters. The average Bonchev–Trinajstić information content (AvgIpc) is 2.75. The van der Waals surface area contributed by atoms with Crippen LogP contribution in [0.15, 0.2) is 91.0 Å². The van der Waals surface area contributed by atoms with E-state index in [-0.39, 0.29) is 0 Å². The van der Waals surface area contributed by atoms with E-state index in [1.807, 2.05) is 55.5 Å². The number of carbonyl (C=O) groups is 1. The molecule has 1 aromatic heterocycles. The molecule has 4 rings (SSSR count). The SMILES string of the molecule is Cc1nc(Nc2cccc(OC(=O)Oc3ccccc3)c2)cc(-c2ccccc2)n1. The maximum Gasteiger partial charge on any atom is 0.519 e. The lowest BCUT2D eigenvalue weighted by atomic mass is 10.1. The summed E-state index contributed by atoms with van der Waals surface area (Å²) in [7, 11) is 0. The highest BCUT2D eigenvalue weighted by atomic mass is 16.7. The van der Waals surface area contributed by atoms with Crippen LogP contribution < -0.4 is 14.8 Å². The Morgan fingerprint density at radius 2 is 1.43 bits per heavy atom. The monoisotopic (exact) mass is 397 g/mol. The van der Waals surface area contributed by atoms with Gasteiger partial charge in [-0.05, 0) is 31.2 Å². The van der Waals surface area contributed by atoms with E-state index in [0.717, 1.165) is 16.9 Å². The molecule has 0 aliphatic rings. The van der Waals surface area contributed by atoms with Crippen LogP contribution in [0.4, 0.5) is 16.3 Å². The van der Waals surface area contributed by atoms with E-state index in [9.17, 15) is 4.79 Å². The average molecular weight is 397 g/mol. The molecule has 0 saturated heterocycles. The Morgan fingerprint density at radius 3 is 2.20 bits per heavy atom. The van der Waals surface area contributed by atoms with E-state index in [1.165, 1.54) is 0 Å². The van der Waals surface area contributed by atoms with Gasteiger partial charge in [0.25, 0.3) is 0 Å². The van der Waals surface area contributed by atoms with E-state index in [0.29, 0.717) is 23.1 Å². The van der Waals surface area contributed by atoms with E-state index in [1.54, 1.807) is 42.5 Å². The number of para-hydroxylation sites is 1. The van der Waals surface area contributed by atoms with E-state index >= 15 is 0 Å². The van der Waals surface area contributed by atoms with Gasteiger partial charge in [-0.2, -0.15) is 0 Å². The van der Waals surface area contributed by atoms with Gasteiger partial charge in [0.05, 0.1) is 5.69 Å². The highest BCUT2D eigenvalue weighted by molar-refractivity contribution is 5.69. The molecule has 0 unspecified atom stereocenters. The number of nitrogens with one attached hydrogen (secondary N) is 1. The van der Waals surface area contributed by atoms with E-state index in [4.69, 9.17) is 9.47 Å². The Bertz CT molecular complexity index is 1150. The third kappa shape index (κ3) is 4.99. The molecule has 1 heterocycles. The standard InChI is InChI=1S/C24H19N3O3/c1-17-25-22(18-9-4-2-5-10-18)16-23(26-17)27-19-11-8-14-21(15-19)30-24(28)29-20-12-6-3-7-13-20/h2-16H,1H3,(H,25,26,27). The molecule has 1 N–H and O–H groups in total. The van der Waals surface area contributed by atoms with Crippen molar-refractivity contribution in [2.24, 2.45) is 0 Å². The van der Waals surface area contributed by atoms with Gasteiger partial charge >= 0.3 is 6.16 Å². The number of aryl methyl sites for hydroxylation is 1. The van der Waals surface area contributed by atoms with Crippen molar-refractivity contribution in [2.45, 2.75) is 6.92 Å². The summed E-state index contributed by atoms with van der Waals surface area (Å²) in [5.74, 6) is 2.07. The first-order valence-corrected chi connectivity index (χ1v) is 9.39. The largest absolute Gasteiger partial charge is 0.519 e. The van der Waals surface area contributed by atoms with Crippen LogP contribution in [0.5, 0.6) is 11.5 Å². The van der Waals surface area contributed by atoms with Gasteiger partial charge in [-0.15, -0.1) is 0 Å². The second-order valence-electron chi connectivity index (χ2n) is 6.47. The number of benzene rings is 3. The van der Waals surface area contributed by atoms with Crippen molar-refractivity contribution in [3.8, 4) is 22.8 Å². The van der Waals surface area contributed by atoms with Gasteiger partial charge in [0.1, 0.15) is 23.1 Å². The van der Waals surface area contributed by atoms with Crippen molar-refractivity contribution < 1.29 is 14.3 Å². The van der Waals surface area contributed by atoms with Crippen LogP contribution in [0.3, 0.4) is 0 Å². The van der Waals surface area contributed by atoms with Crippen LogP contribution in [0, 0.1) is 6.92 Å². The summed E-state index contributed by atoms with van der Waals surface area (Å²) in [6, 6.07) is 27.5. The Balaban J connectivity index is 1.48. The van der Waals surface area contributed by atoms with Gasteiger partial charge in [0, 0.05) is 23.4 Å². The third-order valence-electron chi connectivity index (χ3n) is 4.16. The molecule has 6 nitrogen and oxygen atoms in total. The normalized spacial score (nSPS) is 10.3. The summed E-state index contributed by atoms with van der Waals surface area (Å²) in [5.41, 5.74) is 2.55. The van der Waals surface area contributed by atoms with Crippen LogP contribution in [0.2, 0.25) is 0 Å². The summed E-state index contributed by atoms with van der Waals surface area (Å²) in [5, 5.41) is 3.24. The number of nitrogens with zero attached hydrogens (tertiary/aromatic N) is 2. The number of anilines is 2. The number of aromatic nitrogens is 2. The first-order valence-electron chi connectivity index (χ1n) is 9.39. The fourth-order valence-electron chi connectivity index (χ4n) is 2.88. The van der Waals surface area contributed by atoms with Crippen molar-refractivity contribution in [3.63, 3.8) is 0 Å². The maximum atomic E-state index is 12.0. The molecule has 6 heteroatoms. The summed E-state index contributed by atoms with van der Waals surface area (Å²) in [6.45, 7) is 1.84. The first kappa shape index (κ1) is 19.1. The molecular weight excluding hydrogens is 378 g/mol. The molecule has 0 bridgehead atoms. The van der Waals surface area contributed by atoms with Crippen molar-refractivity contribution in [1.82, 2.24) is 9.97 Å². The highest BCUT2D eigenvalue weighted by Gasteiger charge is 2.09. The number of carbonyl (C=O) groups excluding carboxylic acids is 1. The minimum atomic E-state index is -0.803. The molecule has 0 aliphatic carbocycles. The third-order valence-corrected chi connectivity index (χ3v) is 4.16. The lowest BCUT2D eigenvalue weighted by Gasteiger charge is -2.10. The van der Waals surface area contributed by atoms with Crippen LogP contribution in [-0.4, -0.2) is 16.1 Å². The predicted octanol–water partition coefficient (Wildman–Crippen LogP) is 5.77. The van der Waals surface area contributed by atoms with Crippen molar-refractivity contribution >= 4 is 17.7 Å². The molecule has 3 aromatic carbocycles.